The lowest BCUT2D eigenvalue weighted by molar-refractivity contribution is -0.162. The fraction of sp³-hybridized carbons (Fsp3) is 0.484. The first-order valence-corrected chi connectivity index (χ1v) is 16.0. The Morgan fingerprint density at radius 1 is 1.05 bits per heavy atom. The van der Waals surface area contributed by atoms with E-state index in [1.54, 1.807) is 64.2 Å². The molecule has 0 aliphatic carbocycles. The van der Waals surface area contributed by atoms with Crippen LogP contribution in [0.1, 0.15) is 57.6 Å². The minimum Gasteiger partial charge on any atom is -0.444 e. The van der Waals surface area contributed by atoms with E-state index < -0.39 is 45.7 Å². The number of nitrogens with one attached hydrogen (secondary N) is 3. The molecule has 2 aromatic carbocycles. The Bertz CT molecular complexity index is 1410. The first kappa shape index (κ1) is 34.7. The van der Waals surface area contributed by atoms with Gasteiger partial charge in [0, 0.05) is 25.7 Å². The first-order chi connectivity index (χ1) is 20.6. The second-order valence-electron chi connectivity index (χ2n) is 11.8. The van der Waals surface area contributed by atoms with Crippen LogP contribution in [0.25, 0.3) is 0 Å². The van der Waals surface area contributed by atoms with Crippen LogP contribution in [0.15, 0.2) is 53.4 Å². The largest absolute Gasteiger partial charge is 0.444 e. The highest BCUT2D eigenvalue weighted by Gasteiger charge is 2.32. The summed E-state index contributed by atoms with van der Waals surface area (Å²) < 4.78 is 39.0. The average molecular weight is 631 g/mol. The molecule has 1 fully saturated rings. The topological polar surface area (TPSA) is 160 Å². The number of amides is 2. The van der Waals surface area contributed by atoms with Crippen molar-refractivity contribution in [2.75, 3.05) is 25.5 Å². The van der Waals surface area contributed by atoms with Crippen molar-refractivity contribution in [2.45, 2.75) is 82.4 Å². The maximum absolute atomic E-state index is 13.1. The molecular formula is C31H42N4O8S. The standard InChI is InChI=1S/C31H42N4O8S/c1-21-10-16-24(17-11-21)44(40,41)34-26(29(38)42-28(37)25-8-6-18-32-25)20-22-12-14-23(15-13-22)33-27(36)9-7-19-35(5)30(39)43-31(2,3)4/h10-17,25-26,32,34H,6-9,18-20H2,1-5H3,(H,33,36)/t25-,26-/m0/s1. The van der Waals surface area contributed by atoms with E-state index in [4.69, 9.17) is 9.47 Å². The molecule has 0 saturated carbocycles. The molecule has 0 spiro atoms. The van der Waals surface area contributed by atoms with E-state index in [-0.39, 0.29) is 23.6 Å². The van der Waals surface area contributed by atoms with Gasteiger partial charge >= 0.3 is 18.0 Å². The Balaban J connectivity index is 1.62. The van der Waals surface area contributed by atoms with E-state index in [1.807, 2.05) is 6.92 Å². The van der Waals surface area contributed by atoms with Crippen molar-refractivity contribution in [3.05, 3.63) is 59.7 Å². The zero-order valence-electron chi connectivity index (χ0n) is 25.8. The van der Waals surface area contributed by atoms with Crippen molar-refractivity contribution in [1.82, 2.24) is 14.9 Å². The highest BCUT2D eigenvalue weighted by atomic mass is 32.2. The van der Waals surface area contributed by atoms with Crippen LogP contribution in [0.3, 0.4) is 0 Å². The number of sulfonamides is 1. The van der Waals surface area contributed by atoms with Gasteiger partial charge in [-0.3, -0.25) is 4.79 Å². The van der Waals surface area contributed by atoms with Crippen LogP contribution in [0.2, 0.25) is 0 Å². The van der Waals surface area contributed by atoms with E-state index in [2.05, 4.69) is 15.4 Å². The van der Waals surface area contributed by atoms with Gasteiger partial charge in [-0.25, -0.2) is 22.8 Å². The van der Waals surface area contributed by atoms with E-state index in [1.165, 1.54) is 17.0 Å². The Hall–Kier alpha value is -3.81. The normalized spacial score (nSPS) is 15.7. The number of ether oxygens (including phenoxy) is 2. The fourth-order valence-electron chi connectivity index (χ4n) is 4.36. The predicted octanol–water partition coefficient (Wildman–Crippen LogP) is 3.29. The minimum absolute atomic E-state index is 0.0277. The number of hydrogen-bond donors (Lipinski definition) is 3. The van der Waals surface area contributed by atoms with Crippen LogP contribution in [0, 0.1) is 6.92 Å². The van der Waals surface area contributed by atoms with Crippen LogP contribution in [0.5, 0.6) is 0 Å². The lowest BCUT2D eigenvalue weighted by Gasteiger charge is -2.24. The van der Waals surface area contributed by atoms with Crippen LogP contribution in [0.4, 0.5) is 10.5 Å². The van der Waals surface area contributed by atoms with E-state index in [9.17, 15) is 27.6 Å². The van der Waals surface area contributed by atoms with Crippen LogP contribution < -0.4 is 15.4 Å². The van der Waals surface area contributed by atoms with Gasteiger partial charge in [0.05, 0.1) is 4.90 Å². The zero-order valence-corrected chi connectivity index (χ0v) is 26.7. The summed E-state index contributed by atoms with van der Waals surface area (Å²) in [7, 11) is -2.51. The Morgan fingerprint density at radius 2 is 1.70 bits per heavy atom. The summed E-state index contributed by atoms with van der Waals surface area (Å²) >= 11 is 0. The second-order valence-corrected chi connectivity index (χ2v) is 13.5. The van der Waals surface area contributed by atoms with E-state index in [0.29, 0.717) is 37.2 Å². The van der Waals surface area contributed by atoms with E-state index >= 15 is 0 Å². The number of aryl methyl sites for hydroxylation is 1. The van der Waals surface area contributed by atoms with E-state index in [0.717, 1.165) is 12.0 Å². The summed E-state index contributed by atoms with van der Waals surface area (Å²) in [6, 6.07) is 10.7. The average Bonchev–Trinajstić information content (AvgIpc) is 3.48. The Labute approximate surface area is 258 Å². The zero-order chi connectivity index (χ0) is 32.5. The third kappa shape index (κ3) is 11.0. The van der Waals surface area contributed by atoms with Gasteiger partial charge in [0.2, 0.25) is 15.9 Å². The molecule has 1 saturated heterocycles. The minimum atomic E-state index is -4.12. The number of carbonyl (C=O) groups excluding carboxylic acids is 4. The summed E-state index contributed by atoms with van der Waals surface area (Å²) in [6.45, 7) is 8.14. The van der Waals surface area contributed by atoms with Crippen molar-refractivity contribution in [1.29, 1.82) is 0 Å². The van der Waals surface area contributed by atoms with Gasteiger partial charge in [-0.05, 0) is 89.8 Å². The molecule has 3 N–H and O–H groups in total. The molecule has 2 atom stereocenters. The van der Waals surface area contributed by atoms with Crippen LogP contribution in [-0.4, -0.2) is 75.1 Å². The number of hydrogen-bond acceptors (Lipinski definition) is 9. The number of benzene rings is 2. The first-order valence-electron chi connectivity index (χ1n) is 14.5. The second kappa shape index (κ2) is 15.3. The molecule has 44 heavy (non-hydrogen) atoms. The summed E-state index contributed by atoms with van der Waals surface area (Å²) in [6.07, 6.45) is 1.34. The highest BCUT2D eigenvalue weighted by molar-refractivity contribution is 7.89. The van der Waals surface area contributed by atoms with Crippen molar-refractivity contribution in [2.24, 2.45) is 0 Å². The molecule has 0 aromatic heterocycles. The number of anilines is 1. The van der Waals surface area contributed by atoms with Crippen molar-refractivity contribution in [3.63, 3.8) is 0 Å². The summed E-state index contributed by atoms with van der Waals surface area (Å²) in [5, 5.41) is 5.74. The van der Waals surface area contributed by atoms with Gasteiger partial charge < -0.3 is 25.0 Å². The summed E-state index contributed by atoms with van der Waals surface area (Å²) in [5.74, 6) is -2.00. The quantitative estimate of drug-likeness (QED) is 0.236. The lowest BCUT2D eigenvalue weighted by Crippen LogP contribution is -2.45. The summed E-state index contributed by atoms with van der Waals surface area (Å²) in [4.78, 5) is 51.4. The van der Waals surface area contributed by atoms with Gasteiger partial charge in [0.25, 0.3) is 0 Å². The molecule has 240 valence electrons. The number of carbonyl (C=O) groups is 4. The molecule has 0 unspecified atom stereocenters. The Kier molecular flexibility index (Phi) is 12.0. The smallest absolute Gasteiger partial charge is 0.410 e. The molecule has 0 bridgehead atoms. The predicted molar refractivity (Wildman–Crippen MR) is 164 cm³/mol. The summed E-state index contributed by atoms with van der Waals surface area (Å²) in [5.41, 5.74) is 1.34. The van der Waals surface area contributed by atoms with Crippen molar-refractivity contribution < 1.29 is 37.1 Å². The highest BCUT2D eigenvalue weighted by Crippen LogP contribution is 2.17. The molecule has 2 aromatic rings. The fourth-order valence-corrected chi connectivity index (χ4v) is 5.55. The molecule has 13 heteroatoms. The molecule has 1 aliphatic heterocycles. The maximum atomic E-state index is 13.1. The van der Waals surface area contributed by atoms with Gasteiger partial charge in [0.1, 0.15) is 17.7 Å². The van der Waals surface area contributed by atoms with Gasteiger partial charge in [-0.15, -0.1) is 0 Å². The molecule has 0 radical (unpaired) electrons. The molecule has 2 amide bonds. The van der Waals surface area contributed by atoms with Crippen LogP contribution >= 0.6 is 0 Å². The van der Waals surface area contributed by atoms with Gasteiger partial charge in [-0.2, -0.15) is 4.72 Å². The molecule has 12 nitrogen and oxygen atoms in total. The third-order valence-corrected chi connectivity index (χ3v) is 8.23. The number of esters is 2. The van der Waals surface area contributed by atoms with Crippen molar-refractivity contribution in [3.8, 4) is 0 Å². The molecule has 3 rings (SSSR count). The SMILES string of the molecule is Cc1ccc(S(=O)(=O)N[C@@H](Cc2ccc(NC(=O)CCCN(C)C(=O)OC(C)(C)C)cc2)C(=O)OC(=O)[C@@H]2CCCN2)cc1. The third-order valence-electron chi connectivity index (χ3n) is 6.74. The van der Waals surface area contributed by atoms with Crippen LogP contribution in [-0.2, 0) is 40.3 Å². The molecule has 1 aliphatic rings. The molecule has 1 heterocycles. The molecular weight excluding hydrogens is 588 g/mol. The maximum Gasteiger partial charge on any atom is 0.410 e. The lowest BCUT2D eigenvalue weighted by atomic mass is 10.1. The van der Waals surface area contributed by atoms with Gasteiger partial charge in [-0.1, -0.05) is 29.8 Å². The number of rotatable bonds is 12. The van der Waals surface area contributed by atoms with Gasteiger partial charge in [0.15, 0.2) is 0 Å². The monoisotopic (exact) mass is 630 g/mol. The van der Waals surface area contributed by atoms with Crippen molar-refractivity contribution >= 4 is 39.6 Å². The number of nitrogens with zero attached hydrogens (tertiary/aromatic N) is 1. The Morgan fingerprint density at radius 3 is 2.30 bits per heavy atom.